The van der Waals surface area contributed by atoms with Crippen molar-refractivity contribution < 1.29 is 4.79 Å². The molecule has 29 heavy (non-hydrogen) atoms. The van der Waals surface area contributed by atoms with Gasteiger partial charge in [-0.3, -0.25) is 9.78 Å². The van der Waals surface area contributed by atoms with E-state index in [-0.39, 0.29) is 5.91 Å². The first-order valence-corrected chi connectivity index (χ1v) is 9.82. The number of amides is 1. The van der Waals surface area contributed by atoms with E-state index in [4.69, 9.17) is 0 Å². The van der Waals surface area contributed by atoms with E-state index in [9.17, 15) is 4.79 Å². The van der Waals surface area contributed by atoms with Gasteiger partial charge in [-0.2, -0.15) is 4.80 Å². The normalized spacial score (nSPS) is 11.0. The molecule has 1 N–H and O–H groups in total. The minimum atomic E-state index is -0.199. The molecule has 1 amide bonds. The summed E-state index contributed by atoms with van der Waals surface area (Å²) in [5.74, 6) is -0.199. The average molecular weight is 385 g/mol. The quantitative estimate of drug-likeness (QED) is 0.521. The number of benzene rings is 2. The number of carbonyl (C=O) groups is 1. The summed E-state index contributed by atoms with van der Waals surface area (Å²) < 4.78 is 0. The number of hydrogen-bond acceptors (Lipinski definition) is 4. The summed E-state index contributed by atoms with van der Waals surface area (Å²) in [6.07, 6.45) is 6.65. The van der Waals surface area contributed by atoms with Gasteiger partial charge in [0, 0.05) is 18.1 Å². The van der Waals surface area contributed by atoms with Crippen LogP contribution in [0, 0.1) is 6.92 Å². The molecule has 6 nitrogen and oxygen atoms in total. The topological polar surface area (TPSA) is 72.7 Å². The van der Waals surface area contributed by atoms with Gasteiger partial charge in [0.1, 0.15) is 11.0 Å². The van der Waals surface area contributed by atoms with Crippen molar-refractivity contribution in [3.8, 4) is 5.69 Å². The monoisotopic (exact) mass is 385 g/mol. The van der Waals surface area contributed by atoms with Crippen LogP contribution in [0.5, 0.6) is 0 Å². The molecule has 0 spiro atoms. The molecule has 4 aromatic rings. The summed E-state index contributed by atoms with van der Waals surface area (Å²) in [5.41, 5.74) is 5.91. The summed E-state index contributed by atoms with van der Waals surface area (Å²) in [4.78, 5) is 18.1. The van der Waals surface area contributed by atoms with E-state index < -0.39 is 0 Å². The Labute approximate surface area is 169 Å². The first kappa shape index (κ1) is 18.8. The maximum absolute atomic E-state index is 12.4. The molecule has 0 fully saturated rings. The van der Waals surface area contributed by atoms with Crippen molar-refractivity contribution in [1.82, 2.24) is 20.0 Å². The van der Waals surface area contributed by atoms with Crippen molar-refractivity contribution in [1.29, 1.82) is 0 Å². The van der Waals surface area contributed by atoms with E-state index in [1.807, 2.05) is 31.2 Å². The number of hydrogen-bond donors (Lipinski definition) is 1. The molecule has 0 radical (unpaired) electrons. The van der Waals surface area contributed by atoms with Gasteiger partial charge >= 0.3 is 0 Å². The number of aromatic nitrogens is 4. The van der Waals surface area contributed by atoms with Crippen molar-refractivity contribution in [2.45, 2.75) is 33.1 Å². The van der Waals surface area contributed by atoms with E-state index in [0.717, 1.165) is 28.7 Å². The van der Waals surface area contributed by atoms with Crippen LogP contribution in [0.25, 0.3) is 16.7 Å². The highest BCUT2D eigenvalue weighted by Crippen LogP contribution is 2.23. The van der Waals surface area contributed by atoms with Crippen molar-refractivity contribution in [2.75, 3.05) is 5.32 Å². The summed E-state index contributed by atoms with van der Waals surface area (Å²) in [6, 6.07) is 15.6. The van der Waals surface area contributed by atoms with Gasteiger partial charge in [-0.25, -0.2) is 0 Å². The Hall–Kier alpha value is -3.54. The summed E-state index contributed by atoms with van der Waals surface area (Å²) >= 11 is 0. The standard InChI is InChI=1S/C23H23N5O/c1-3-4-6-17-8-10-19(11-9-17)28-26-21-13-16(2)20(14-22(21)27-28)25-23(29)18-7-5-12-24-15-18/h5,7-15H,3-4,6H2,1-2H3,(H,25,29). The molecule has 146 valence electrons. The van der Waals surface area contributed by atoms with E-state index in [0.29, 0.717) is 11.3 Å². The number of pyridine rings is 1. The maximum Gasteiger partial charge on any atom is 0.257 e. The zero-order valence-electron chi connectivity index (χ0n) is 16.6. The molecule has 0 bridgehead atoms. The second-order valence-corrected chi connectivity index (χ2v) is 7.11. The number of nitrogens with one attached hydrogen (secondary N) is 1. The lowest BCUT2D eigenvalue weighted by atomic mass is 10.1. The largest absolute Gasteiger partial charge is 0.322 e. The predicted octanol–water partition coefficient (Wildman–Crippen LogP) is 4.72. The molecule has 2 aromatic carbocycles. The highest BCUT2D eigenvalue weighted by molar-refractivity contribution is 6.05. The van der Waals surface area contributed by atoms with Crippen LogP contribution in [0.1, 0.15) is 41.3 Å². The minimum absolute atomic E-state index is 0.199. The van der Waals surface area contributed by atoms with Gasteiger partial charge in [0.05, 0.1) is 11.3 Å². The van der Waals surface area contributed by atoms with Crippen LogP contribution in [0.4, 0.5) is 5.69 Å². The minimum Gasteiger partial charge on any atom is -0.322 e. The fraction of sp³-hybridized carbons (Fsp3) is 0.217. The lowest BCUT2D eigenvalue weighted by Crippen LogP contribution is -2.12. The molecule has 0 aliphatic carbocycles. The second-order valence-electron chi connectivity index (χ2n) is 7.11. The smallest absolute Gasteiger partial charge is 0.257 e. The van der Waals surface area contributed by atoms with Gasteiger partial charge in [0.15, 0.2) is 0 Å². The Morgan fingerprint density at radius 2 is 1.83 bits per heavy atom. The van der Waals surface area contributed by atoms with Crippen LogP contribution in [0.2, 0.25) is 0 Å². The molecule has 0 atom stereocenters. The van der Waals surface area contributed by atoms with Gasteiger partial charge in [-0.1, -0.05) is 25.5 Å². The fourth-order valence-corrected chi connectivity index (χ4v) is 3.19. The maximum atomic E-state index is 12.4. The molecule has 0 aliphatic heterocycles. The third-order valence-corrected chi connectivity index (χ3v) is 4.88. The second kappa shape index (κ2) is 8.22. The fourth-order valence-electron chi connectivity index (χ4n) is 3.19. The number of fused-ring (bicyclic) bond motifs is 1. The summed E-state index contributed by atoms with van der Waals surface area (Å²) in [6.45, 7) is 4.14. The number of rotatable bonds is 6. The molecule has 0 unspecified atom stereocenters. The highest BCUT2D eigenvalue weighted by atomic mass is 16.1. The Bertz CT molecular complexity index is 1130. The van der Waals surface area contributed by atoms with Crippen molar-refractivity contribution in [2.24, 2.45) is 0 Å². The Balaban J connectivity index is 1.59. The number of unbranched alkanes of at least 4 members (excludes halogenated alkanes) is 1. The number of aryl methyl sites for hydroxylation is 2. The van der Waals surface area contributed by atoms with Gasteiger partial charge in [-0.15, -0.1) is 10.2 Å². The van der Waals surface area contributed by atoms with Crippen LogP contribution in [0.15, 0.2) is 60.9 Å². The Morgan fingerprint density at radius 1 is 1.07 bits per heavy atom. The molecule has 2 heterocycles. The highest BCUT2D eigenvalue weighted by Gasteiger charge is 2.12. The summed E-state index contributed by atoms with van der Waals surface area (Å²) in [7, 11) is 0. The molecule has 0 saturated carbocycles. The predicted molar refractivity (Wildman–Crippen MR) is 114 cm³/mol. The molecule has 6 heteroatoms. The van der Waals surface area contributed by atoms with Crippen LogP contribution >= 0.6 is 0 Å². The molecular weight excluding hydrogens is 362 g/mol. The van der Waals surface area contributed by atoms with Gasteiger partial charge < -0.3 is 5.32 Å². The van der Waals surface area contributed by atoms with Crippen LogP contribution in [-0.2, 0) is 6.42 Å². The van der Waals surface area contributed by atoms with E-state index >= 15 is 0 Å². The zero-order valence-corrected chi connectivity index (χ0v) is 16.6. The first-order chi connectivity index (χ1) is 14.1. The van der Waals surface area contributed by atoms with Crippen LogP contribution in [-0.4, -0.2) is 25.9 Å². The Kier molecular flexibility index (Phi) is 5.33. The molecule has 0 aliphatic rings. The van der Waals surface area contributed by atoms with Crippen molar-refractivity contribution in [3.05, 3.63) is 77.6 Å². The van der Waals surface area contributed by atoms with Gasteiger partial charge in [-0.05, 0) is 67.3 Å². The summed E-state index contributed by atoms with van der Waals surface area (Å²) in [5, 5.41) is 12.1. The van der Waals surface area contributed by atoms with Gasteiger partial charge in [0.2, 0.25) is 0 Å². The van der Waals surface area contributed by atoms with Gasteiger partial charge in [0.25, 0.3) is 5.91 Å². The van der Waals surface area contributed by atoms with Crippen LogP contribution in [0.3, 0.4) is 0 Å². The first-order valence-electron chi connectivity index (χ1n) is 9.82. The average Bonchev–Trinajstić information content (AvgIpc) is 3.16. The molecule has 2 aromatic heterocycles. The third kappa shape index (κ3) is 4.16. The molecular formula is C23H23N5O. The van der Waals surface area contributed by atoms with E-state index in [2.05, 4.69) is 39.6 Å². The molecule has 4 rings (SSSR count). The van der Waals surface area contributed by atoms with E-state index in [1.165, 1.54) is 18.4 Å². The third-order valence-electron chi connectivity index (χ3n) is 4.88. The SMILES string of the molecule is CCCCc1ccc(-n2nc3cc(C)c(NC(=O)c4cccnc4)cc3n2)cc1. The van der Waals surface area contributed by atoms with Crippen molar-refractivity contribution >= 4 is 22.6 Å². The van der Waals surface area contributed by atoms with Crippen LogP contribution < -0.4 is 5.32 Å². The van der Waals surface area contributed by atoms with Crippen molar-refractivity contribution in [3.63, 3.8) is 0 Å². The zero-order chi connectivity index (χ0) is 20.2. The number of anilines is 1. The lowest BCUT2D eigenvalue weighted by molar-refractivity contribution is 0.102. The number of carbonyl (C=O) groups excluding carboxylic acids is 1. The lowest BCUT2D eigenvalue weighted by Gasteiger charge is -2.07. The Morgan fingerprint density at radius 3 is 2.52 bits per heavy atom. The number of nitrogens with zero attached hydrogens (tertiary/aromatic N) is 4. The molecule has 0 saturated heterocycles. The van der Waals surface area contributed by atoms with E-state index in [1.54, 1.807) is 29.3 Å².